The van der Waals surface area contributed by atoms with Crippen LogP contribution >= 0.6 is 0 Å². The van der Waals surface area contributed by atoms with Crippen molar-refractivity contribution in [1.29, 1.82) is 0 Å². The van der Waals surface area contributed by atoms with E-state index >= 15 is 0 Å². The zero-order valence-corrected chi connectivity index (χ0v) is 16.0. The Morgan fingerprint density at radius 3 is 2.50 bits per heavy atom. The lowest BCUT2D eigenvalue weighted by molar-refractivity contribution is -0.116. The van der Waals surface area contributed by atoms with Crippen molar-refractivity contribution in [2.24, 2.45) is 0 Å². The molecule has 3 aromatic rings. The van der Waals surface area contributed by atoms with Crippen molar-refractivity contribution in [3.8, 4) is 0 Å². The van der Waals surface area contributed by atoms with Crippen LogP contribution in [0.5, 0.6) is 0 Å². The number of aromatic nitrogens is 2. The van der Waals surface area contributed by atoms with E-state index in [9.17, 15) is 13.2 Å². The fraction of sp³-hybridized carbons (Fsp3) is 0.150. The summed E-state index contributed by atoms with van der Waals surface area (Å²) >= 11 is 0. The first-order valence-electron chi connectivity index (χ1n) is 8.54. The van der Waals surface area contributed by atoms with Crippen LogP contribution < -0.4 is 5.32 Å². The topological polar surface area (TPSA) is 102 Å². The van der Waals surface area contributed by atoms with E-state index in [1.54, 1.807) is 36.4 Å². The summed E-state index contributed by atoms with van der Waals surface area (Å²) in [7, 11) is -3.75. The molecule has 3 rings (SSSR count). The SMILES string of the molecule is Cc1ccc(/C=C/C(=O)NCc2nnc(S(=O)(=O)Cc3ccccc3)o2)cc1. The Bertz CT molecular complexity index is 1070. The van der Waals surface area contributed by atoms with Crippen molar-refractivity contribution in [2.75, 3.05) is 0 Å². The summed E-state index contributed by atoms with van der Waals surface area (Å²) in [4.78, 5) is 11.9. The minimum atomic E-state index is -3.75. The van der Waals surface area contributed by atoms with E-state index < -0.39 is 15.1 Å². The van der Waals surface area contributed by atoms with E-state index in [-0.39, 0.29) is 24.1 Å². The van der Waals surface area contributed by atoms with Crippen LogP contribution in [0.1, 0.15) is 22.6 Å². The molecule has 1 N–H and O–H groups in total. The van der Waals surface area contributed by atoms with Crippen molar-refractivity contribution in [3.05, 3.63) is 83.3 Å². The molecule has 0 fully saturated rings. The molecule has 0 saturated carbocycles. The number of carbonyl (C=O) groups is 1. The van der Waals surface area contributed by atoms with Crippen LogP contribution in [-0.4, -0.2) is 24.5 Å². The molecule has 1 amide bonds. The number of hydrogen-bond acceptors (Lipinski definition) is 6. The number of rotatable bonds is 7. The maximum atomic E-state index is 12.3. The summed E-state index contributed by atoms with van der Waals surface area (Å²) < 4.78 is 29.9. The molecule has 28 heavy (non-hydrogen) atoms. The highest BCUT2D eigenvalue weighted by Gasteiger charge is 2.23. The molecule has 0 saturated heterocycles. The highest BCUT2D eigenvalue weighted by atomic mass is 32.2. The quantitative estimate of drug-likeness (QED) is 0.615. The monoisotopic (exact) mass is 397 g/mol. The van der Waals surface area contributed by atoms with Gasteiger partial charge in [-0.15, -0.1) is 5.10 Å². The van der Waals surface area contributed by atoms with Crippen molar-refractivity contribution < 1.29 is 17.6 Å². The van der Waals surface area contributed by atoms with Gasteiger partial charge in [-0.25, -0.2) is 8.42 Å². The molecule has 1 aromatic heterocycles. The minimum Gasteiger partial charge on any atom is -0.411 e. The van der Waals surface area contributed by atoms with Gasteiger partial charge in [0.1, 0.15) is 0 Å². The van der Waals surface area contributed by atoms with Gasteiger partial charge < -0.3 is 9.73 Å². The van der Waals surface area contributed by atoms with Crippen molar-refractivity contribution in [3.63, 3.8) is 0 Å². The van der Waals surface area contributed by atoms with Crippen LogP contribution in [-0.2, 0) is 26.9 Å². The summed E-state index contributed by atoms with van der Waals surface area (Å²) in [5, 5.41) is 9.40. The van der Waals surface area contributed by atoms with Gasteiger partial charge in [-0.2, -0.15) is 0 Å². The lowest BCUT2D eigenvalue weighted by atomic mass is 10.1. The van der Waals surface area contributed by atoms with Gasteiger partial charge in [-0.3, -0.25) is 4.79 Å². The largest absolute Gasteiger partial charge is 0.411 e. The molecule has 0 aliphatic heterocycles. The number of carbonyl (C=O) groups excluding carboxylic acids is 1. The Morgan fingerprint density at radius 2 is 1.79 bits per heavy atom. The molecular formula is C20H19N3O4S. The second-order valence-electron chi connectivity index (χ2n) is 6.17. The predicted molar refractivity (Wildman–Crippen MR) is 104 cm³/mol. The molecule has 0 aliphatic carbocycles. The van der Waals surface area contributed by atoms with Gasteiger partial charge in [0.2, 0.25) is 21.6 Å². The van der Waals surface area contributed by atoms with E-state index in [1.165, 1.54) is 6.08 Å². The normalized spacial score (nSPS) is 11.6. The molecule has 0 radical (unpaired) electrons. The highest BCUT2D eigenvalue weighted by molar-refractivity contribution is 7.90. The lowest BCUT2D eigenvalue weighted by Gasteiger charge is -2.00. The first-order chi connectivity index (χ1) is 13.4. The van der Waals surface area contributed by atoms with Gasteiger partial charge in [-0.05, 0) is 24.1 Å². The lowest BCUT2D eigenvalue weighted by Crippen LogP contribution is -2.20. The van der Waals surface area contributed by atoms with Crippen LogP contribution in [0.3, 0.4) is 0 Å². The van der Waals surface area contributed by atoms with E-state index in [2.05, 4.69) is 15.5 Å². The Hall–Kier alpha value is -3.26. The number of benzene rings is 2. The molecule has 0 spiro atoms. The molecule has 0 aliphatic rings. The maximum absolute atomic E-state index is 12.3. The van der Waals surface area contributed by atoms with Gasteiger partial charge >= 0.3 is 5.22 Å². The van der Waals surface area contributed by atoms with Crippen molar-refractivity contribution >= 4 is 21.8 Å². The van der Waals surface area contributed by atoms with Gasteiger partial charge in [0, 0.05) is 6.08 Å². The first kappa shape index (κ1) is 19.5. The van der Waals surface area contributed by atoms with E-state index in [0.29, 0.717) is 5.56 Å². The second kappa shape index (κ2) is 8.62. The Balaban J connectivity index is 1.57. The third-order valence-electron chi connectivity index (χ3n) is 3.83. The van der Waals surface area contributed by atoms with Crippen molar-refractivity contribution in [1.82, 2.24) is 15.5 Å². The molecule has 2 aromatic carbocycles. The summed E-state index contributed by atoms with van der Waals surface area (Å²) in [5.74, 6) is -0.572. The zero-order valence-electron chi connectivity index (χ0n) is 15.2. The number of hydrogen-bond donors (Lipinski definition) is 1. The number of aryl methyl sites for hydroxylation is 1. The predicted octanol–water partition coefficient (Wildman–Crippen LogP) is 2.68. The van der Waals surface area contributed by atoms with Crippen LogP contribution in [0.4, 0.5) is 0 Å². The molecule has 144 valence electrons. The fourth-order valence-electron chi connectivity index (χ4n) is 2.36. The number of nitrogens with zero attached hydrogens (tertiary/aromatic N) is 2. The molecule has 7 nitrogen and oxygen atoms in total. The summed E-state index contributed by atoms with van der Waals surface area (Å²) in [6.45, 7) is 1.92. The maximum Gasteiger partial charge on any atom is 0.335 e. The smallest absolute Gasteiger partial charge is 0.335 e. The summed E-state index contributed by atoms with van der Waals surface area (Å²) in [5.41, 5.74) is 2.65. The van der Waals surface area contributed by atoms with Crippen LogP contribution in [0.25, 0.3) is 6.08 Å². The van der Waals surface area contributed by atoms with Gasteiger partial charge in [0.15, 0.2) is 0 Å². The average molecular weight is 397 g/mol. The molecule has 0 atom stereocenters. The Kier molecular flexibility index (Phi) is 6.00. The van der Waals surface area contributed by atoms with Crippen molar-refractivity contribution in [2.45, 2.75) is 24.4 Å². The minimum absolute atomic E-state index is 0.0173. The van der Waals surface area contributed by atoms with Gasteiger partial charge in [-0.1, -0.05) is 65.3 Å². The summed E-state index contributed by atoms with van der Waals surface area (Å²) in [6.07, 6.45) is 3.06. The molecule has 1 heterocycles. The Morgan fingerprint density at radius 1 is 1.07 bits per heavy atom. The van der Waals surface area contributed by atoms with Gasteiger partial charge in [0.05, 0.1) is 12.3 Å². The van der Waals surface area contributed by atoms with E-state index in [0.717, 1.165) is 11.1 Å². The molecule has 8 heteroatoms. The highest BCUT2D eigenvalue weighted by Crippen LogP contribution is 2.15. The number of amides is 1. The molecule has 0 unspecified atom stereocenters. The standard InChI is InChI=1S/C20H19N3O4S/c1-15-7-9-16(10-8-15)11-12-18(24)21-13-19-22-23-20(27-19)28(25,26)14-17-5-3-2-4-6-17/h2-12H,13-14H2,1H3,(H,21,24)/b12-11+. The first-order valence-corrected chi connectivity index (χ1v) is 10.2. The third kappa shape index (κ3) is 5.37. The second-order valence-corrected chi connectivity index (χ2v) is 8.04. The zero-order chi connectivity index (χ0) is 20.0. The van der Waals surface area contributed by atoms with Crippen LogP contribution in [0.2, 0.25) is 0 Å². The number of nitrogens with one attached hydrogen (secondary N) is 1. The van der Waals surface area contributed by atoms with E-state index in [4.69, 9.17) is 4.42 Å². The van der Waals surface area contributed by atoms with E-state index in [1.807, 2.05) is 31.2 Å². The fourth-order valence-corrected chi connectivity index (χ4v) is 3.50. The summed E-state index contributed by atoms with van der Waals surface area (Å²) in [6, 6.07) is 16.4. The van der Waals surface area contributed by atoms with Gasteiger partial charge in [0.25, 0.3) is 0 Å². The average Bonchev–Trinajstić information content (AvgIpc) is 3.16. The molecular weight excluding hydrogens is 378 g/mol. The third-order valence-corrected chi connectivity index (χ3v) is 5.24. The van der Waals surface area contributed by atoms with Crippen LogP contribution in [0.15, 0.2) is 70.3 Å². The molecule has 0 bridgehead atoms. The number of sulfone groups is 1. The Labute approximate surface area is 163 Å². The van der Waals surface area contributed by atoms with Crippen LogP contribution in [0, 0.1) is 6.92 Å².